The second-order valence-electron chi connectivity index (χ2n) is 8.80. The lowest BCUT2D eigenvalue weighted by molar-refractivity contribution is -0.138. The Labute approximate surface area is 203 Å². The van der Waals surface area contributed by atoms with Crippen LogP contribution in [0.5, 0.6) is 11.5 Å². The van der Waals surface area contributed by atoms with Crippen molar-refractivity contribution in [1.82, 2.24) is 0 Å². The fraction of sp³-hybridized carbons (Fsp3) is 0.0690. The van der Waals surface area contributed by atoms with Gasteiger partial charge in [0.25, 0.3) is 0 Å². The van der Waals surface area contributed by atoms with E-state index in [1.165, 1.54) is 24.3 Å². The Morgan fingerprint density at radius 2 is 1.19 bits per heavy atom. The quantitative estimate of drug-likeness (QED) is 0.260. The standard InChI is InChI=1S/C29H18F3NO3/c30-29(31,32)20-10-5-11-23-24(20)28(27(36)33-23,21-14-12-16-6-1-3-8-18(16)25(21)34)22-15-13-17-7-2-4-9-19(17)26(22)35/h1-15,34-35H,(H,33,36). The molecule has 1 aliphatic heterocycles. The summed E-state index contributed by atoms with van der Waals surface area (Å²) >= 11 is 0. The van der Waals surface area contributed by atoms with Crippen LogP contribution in [-0.4, -0.2) is 16.1 Å². The van der Waals surface area contributed by atoms with Crippen LogP contribution in [0.3, 0.4) is 0 Å². The third-order valence-corrected chi connectivity index (χ3v) is 6.94. The SMILES string of the molecule is O=C1Nc2cccc(C(F)(F)F)c2C1(c1ccc2ccccc2c1O)c1ccc2ccccc2c1O. The summed E-state index contributed by atoms with van der Waals surface area (Å²) in [4.78, 5) is 13.9. The molecule has 0 spiro atoms. The van der Waals surface area contributed by atoms with Crippen molar-refractivity contribution in [2.75, 3.05) is 5.32 Å². The Kier molecular flexibility index (Phi) is 4.57. The number of alkyl halides is 3. The number of halogens is 3. The van der Waals surface area contributed by atoms with E-state index >= 15 is 0 Å². The van der Waals surface area contributed by atoms with Crippen molar-refractivity contribution in [3.63, 3.8) is 0 Å². The molecule has 6 rings (SSSR count). The molecular weight excluding hydrogens is 467 g/mol. The van der Waals surface area contributed by atoms with Crippen molar-refractivity contribution in [3.05, 3.63) is 113 Å². The highest BCUT2D eigenvalue weighted by atomic mass is 19.4. The molecule has 0 atom stereocenters. The first-order chi connectivity index (χ1) is 17.2. The topological polar surface area (TPSA) is 69.6 Å². The summed E-state index contributed by atoms with van der Waals surface area (Å²) in [5.41, 5.74) is -3.71. The van der Waals surface area contributed by atoms with Crippen molar-refractivity contribution in [3.8, 4) is 11.5 Å². The van der Waals surface area contributed by atoms with Gasteiger partial charge in [-0.15, -0.1) is 0 Å². The number of benzene rings is 5. The minimum Gasteiger partial charge on any atom is -0.507 e. The lowest BCUT2D eigenvalue weighted by atomic mass is 9.67. The zero-order valence-corrected chi connectivity index (χ0v) is 18.6. The van der Waals surface area contributed by atoms with Crippen LogP contribution >= 0.6 is 0 Å². The Hall–Kier alpha value is -4.52. The van der Waals surface area contributed by atoms with E-state index < -0.39 is 23.1 Å². The summed E-state index contributed by atoms with van der Waals surface area (Å²) in [6.45, 7) is 0. The van der Waals surface area contributed by atoms with Gasteiger partial charge in [-0.05, 0) is 22.9 Å². The zero-order chi connectivity index (χ0) is 25.2. The molecule has 7 heteroatoms. The van der Waals surface area contributed by atoms with E-state index in [2.05, 4.69) is 5.32 Å². The number of hydrogen-bond donors (Lipinski definition) is 3. The van der Waals surface area contributed by atoms with Crippen LogP contribution in [0.25, 0.3) is 21.5 Å². The Balaban J connectivity index is 1.83. The summed E-state index contributed by atoms with van der Waals surface area (Å²) in [5.74, 6) is -1.47. The maximum Gasteiger partial charge on any atom is 0.416 e. The van der Waals surface area contributed by atoms with Gasteiger partial charge in [-0.2, -0.15) is 13.2 Å². The van der Waals surface area contributed by atoms with E-state index in [1.807, 2.05) is 0 Å². The number of amides is 1. The molecule has 0 unspecified atom stereocenters. The molecule has 0 saturated heterocycles. The normalized spacial score (nSPS) is 14.7. The van der Waals surface area contributed by atoms with Gasteiger partial charge < -0.3 is 15.5 Å². The van der Waals surface area contributed by atoms with Crippen LogP contribution < -0.4 is 5.32 Å². The lowest BCUT2D eigenvalue weighted by Crippen LogP contribution is -2.38. The van der Waals surface area contributed by atoms with E-state index in [0.717, 1.165) is 6.07 Å². The number of anilines is 1. The molecule has 0 fully saturated rings. The summed E-state index contributed by atoms with van der Waals surface area (Å²) in [7, 11) is 0. The number of carbonyl (C=O) groups excluding carboxylic acids is 1. The first-order valence-corrected chi connectivity index (χ1v) is 11.2. The molecule has 1 amide bonds. The maximum atomic E-state index is 14.4. The van der Waals surface area contributed by atoms with Crippen LogP contribution in [0, 0.1) is 0 Å². The molecule has 3 N–H and O–H groups in total. The summed E-state index contributed by atoms with van der Waals surface area (Å²) in [6.07, 6.45) is -4.80. The highest BCUT2D eigenvalue weighted by molar-refractivity contribution is 6.14. The predicted molar refractivity (Wildman–Crippen MR) is 131 cm³/mol. The minimum absolute atomic E-state index is 0.0325. The third kappa shape index (κ3) is 2.86. The first kappa shape index (κ1) is 22.0. The van der Waals surface area contributed by atoms with E-state index in [0.29, 0.717) is 21.5 Å². The number of nitrogens with one attached hydrogen (secondary N) is 1. The molecule has 1 heterocycles. The van der Waals surface area contributed by atoms with Gasteiger partial charge in [-0.1, -0.05) is 78.9 Å². The first-order valence-electron chi connectivity index (χ1n) is 11.2. The fourth-order valence-corrected chi connectivity index (χ4v) is 5.40. The van der Waals surface area contributed by atoms with Gasteiger partial charge in [0, 0.05) is 33.2 Å². The lowest BCUT2D eigenvalue weighted by Gasteiger charge is -2.32. The van der Waals surface area contributed by atoms with E-state index in [9.17, 15) is 28.2 Å². The smallest absolute Gasteiger partial charge is 0.416 e. The summed E-state index contributed by atoms with van der Waals surface area (Å²) < 4.78 is 43.2. The third-order valence-electron chi connectivity index (χ3n) is 6.94. The van der Waals surface area contributed by atoms with Crippen molar-refractivity contribution >= 4 is 33.1 Å². The number of phenols is 2. The number of carbonyl (C=O) groups is 1. The average Bonchev–Trinajstić information content (AvgIpc) is 3.16. The van der Waals surface area contributed by atoms with Crippen molar-refractivity contribution in [2.45, 2.75) is 11.6 Å². The Bertz CT molecular complexity index is 1620. The van der Waals surface area contributed by atoms with Gasteiger partial charge in [-0.3, -0.25) is 4.79 Å². The van der Waals surface area contributed by atoms with E-state index in [-0.39, 0.29) is 33.9 Å². The molecule has 4 nitrogen and oxygen atoms in total. The van der Waals surface area contributed by atoms with Gasteiger partial charge in [0.05, 0.1) is 5.56 Å². The molecule has 0 bridgehead atoms. The molecule has 5 aromatic carbocycles. The van der Waals surface area contributed by atoms with E-state index in [4.69, 9.17) is 0 Å². The van der Waals surface area contributed by atoms with Crippen LogP contribution in [-0.2, 0) is 16.4 Å². The van der Waals surface area contributed by atoms with Crippen molar-refractivity contribution in [1.29, 1.82) is 0 Å². The molecule has 0 aliphatic carbocycles. The van der Waals surface area contributed by atoms with Crippen LogP contribution in [0.15, 0.2) is 91.0 Å². The maximum absolute atomic E-state index is 14.4. The largest absolute Gasteiger partial charge is 0.507 e. The highest BCUT2D eigenvalue weighted by Gasteiger charge is 2.56. The predicted octanol–water partition coefficient (Wildman–Crippen LogP) is 6.71. The Morgan fingerprint density at radius 1 is 0.667 bits per heavy atom. The van der Waals surface area contributed by atoms with Crippen LogP contribution in [0.1, 0.15) is 22.3 Å². The number of rotatable bonds is 2. The van der Waals surface area contributed by atoms with Crippen LogP contribution in [0.2, 0.25) is 0 Å². The molecule has 1 aliphatic rings. The van der Waals surface area contributed by atoms with Gasteiger partial charge in [0.15, 0.2) is 0 Å². The monoisotopic (exact) mass is 485 g/mol. The molecule has 5 aromatic rings. The molecule has 0 aromatic heterocycles. The van der Waals surface area contributed by atoms with Crippen LogP contribution in [0.4, 0.5) is 18.9 Å². The number of hydrogen-bond acceptors (Lipinski definition) is 3. The number of aromatic hydroxyl groups is 2. The highest BCUT2D eigenvalue weighted by Crippen LogP contribution is 2.57. The summed E-state index contributed by atoms with van der Waals surface area (Å²) in [6, 6.07) is 23.4. The molecule has 0 saturated carbocycles. The van der Waals surface area contributed by atoms with Gasteiger partial charge in [0.1, 0.15) is 16.9 Å². The number of fused-ring (bicyclic) bond motifs is 3. The molecular formula is C29H18F3NO3. The van der Waals surface area contributed by atoms with Crippen molar-refractivity contribution < 1.29 is 28.2 Å². The Morgan fingerprint density at radius 3 is 1.72 bits per heavy atom. The zero-order valence-electron chi connectivity index (χ0n) is 18.6. The minimum atomic E-state index is -4.80. The van der Waals surface area contributed by atoms with Gasteiger partial charge >= 0.3 is 6.18 Å². The average molecular weight is 485 g/mol. The molecule has 0 radical (unpaired) electrons. The summed E-state index contributed by atoms with van der Waals surface area (Å²) in [5, 5.41) is 27.5. The van der Waals surface area contributed by atoms with E-state index in [1.54, 1.807) is 60.7 Å². The van der Waals surface area contributed by atoms with Gasteiger partial charge in [-0.25, -0.2) is 0 Å². The number of phenolic OH excluding ortho intramolecular Hbond substituents is 2. The van der Waals surface area contributed by atoms with Gasteiger partial charge in [0.2, 0.25) is 5.91 Å². The fourth-order valence-electron chi connectivity index (χ4n) is 5.40. The van der Waals surface area contributed by atoms with Crippen molar-refractivity contribution in [2.24, 2.45) is 0 Å². The second kappa shape index (κ2) is 7.49. The molecule has 178 valence electrons. The molecule has 36 heavy (non-hydrogen) atoms. The second-order valence-corrected chi connectivity index (χ2v) is 8.80.